The van der Waals surface area contributed by atoms with Gasteiger partial charge in [0.25, 0.3) is 0 Å². The van der Waals surface area contributed by atoms with Gasteiger partial charge in [-0.2, -0.15) is 18.3 Å². The monoisotopic (exact) mass is 386 g/mol. The van der Waals surface area contributed by atoms with Gasteiger partial charge < -0.3 is 9.84 Å². The van der Waals surface area contributed by atoms with E-state index in [-0.39, 0.29) is 6.04 Å². The first-order valence-corrected chi connectivity index (χ1v) is 9.41. The molecule has 7 heteroatoms. The van der Waals surface area contributed by atoms with E-state index in [1.165, 1.54) is 0 Å². The van der Waals surface area contributed by atoms with E-state index >= 15 is 0 Å². The molecule has 0 amide bonds. The molecule has 0 radical (unpaired) electrons. The number of hydrazone groups is 1. The Labute approximate surface area is 159 Å². The first-order chi connectivity index (χ1) is 12.7. The summed E-state index contributed by atoms with van der Waals surface area (Å²) < 4.78 is 46.6. The van der Waals surface area contributed by atoms with Crippen LogP contribution in [0.5, 0.6) is 0 Å². The highest BCUT2D eigenvalue weighted by Gasteiger charge is 2.53. The van der Waals surface area contributed by atoms with Crippen molar-refractivity contribution in [1.82, 2.24) is 5.01 Å². The fourth-order valence-corrected chi connectivity index (χ4v) is 3.87. The van der Waals surface area contributed by atoms with E-state index in [1.54, 1.807) is 42.5 Å². The van der Waals surface area contributed by atoms with Gasteiger partial charge >= 0.3 is 6.18 Å². The van der Waals surface area contributed by atoms with E-state index in [0.717, 1.165) is 25.7 Å². The second-order valence-electron chi connectivity index (χ2n) is 7.13. The minimum Gasteiger partial charge on any atom is -0.376 e. The predicted octanol–water partition coefficient (Wildman–Crippen LogP) is 4.18. The molecular weight excluding hydrogens is 357 g/mol. The molecule has 1 aromatic rings. The highest BCUT2D eigenvalue weighted by atomic mass is 19.4. The van der Waals surface area contributed by atoms with Gasteiger partial charge in [0.1, 0.15) is 0 Å². The van der Waals surface area contributed by atoms with Crippen LogP contribution >= 0.6 is 0 Å². The normalized spacial score (nSPS) is 21.0. The largest absolute Gasteiger partial charge is 0.422 e. The van der Waals surface area contributed by atoms with Gasteiger partial charge in [-0.1, -0.05) is 44.2 Å². The van der Waals surface area contributed by atoms with Crippen LogP contribution in [0.15, 0.2) is 35.4 Å². The van der Waals surface area contributed by atoms with E-state index in [0.29, 0.717) is 18.3 Å². The summed E-state index contributed by atoms with van der Waals surface area (Å²) in [5.74, 6) is 0. The fraction of sp³-hybridized carbons (Fsp3) is 0.650. The van der Waals surface area contributed by atoms with Gasteiger partial charge in [0, 0.05) is 20.1 Å². The highest BCUT2D eigenvalue weighted by Crippen LogP contribution is 2.36. The number of hydrogen-bond donors (Lipinski definition) is 1. The summed E-state index contributed by atoms with van der Waals surface area (Å²) >= 11 is 0. The molecule has 0 aromatic heterocycles. The maximum absolute atomic E-state index is 13.6. The minimum absolute atomic E-state index is 0.108. The van der Waals surface area contributed by atoms with Gasteiger partial charge in [0.2, 0.25) is 5.60 Å². The minimum atomic E-state index is -4.82. The molecular formula is C20H29F3N2O2. The lowest BCUT2D eigenvalue weighted by molar-refractivity contribution is -0.228. The quantitative estimate of drug-likeness (QED) is 0.682. The average Bonchev–Trinajstić information content (AvgIpc) is 3.11. The van der Waals surface area contributed by atoms with Gasteiger partial charge in [-0.25, -0.2) is 0 Å². The third-order valence-corrected chi connectivity index (χ3v) is 5.66. The Morgan fingerprint density at radius 3 is 2.37 bits per heavy atom. The molecule has 4 nitrogen and oxygen atoms in total. The van der Waals surface area contributed by atoms with Crippen LogP contribution < -0.4 is 0 Å². The zero-order valence-electron chi connectivity index (χ0n) is 16.2. The van der Waals surface area contributed by atoms with Gasteiger partial charge in [0.15, 0.2) is 0 Å². The van der Waals surface area contributed by atoms with E-state index in [2.05, 4.69) is 5.10 Å². The zero-order valence-corrected chi connectivity index (χ0v) is 16.2. The Bertz CT molecular complexity index is 609. The van der Waals surface area contributed by atoms with Crippen molar-refractivity contribution in [2.45, 2.75) is 69.4 Å². The van der Waals surface area contributed by atoms with E-state index in [9.17, 15) is 18.3 Å². The van der Waals surface area contributed by atoms with Crippen molar-refractivity contribution in [3.63, 3.8) is 0 Å². The van der Waals surface area contributed by atoms with Crippen LogP contribution in [0, 0.1) is 0 Å². The van der Waals surface area contributed by atoms with E-state index in [4.69, 9.17) is 4.74 Å². The van der Waals surface area contributed by atoms with Crippen molar-refractivity contribution in [2.75, 3.05) is 13.7 Å². The molecule has 1 aliphatic rings. The van der Waals surface area contributed by atoms with Crippen molar-refractivity contribution in [2.24, 2.45) is 5.10 Å². The van der Waals surface area contributed by atoms with Crippen LogP contribution in [0.1, 0.15) is 45.1 Å². The molecule has 1 aromatic carbocycles. The number of hydrogen-bond acceptors (Lipinski definition) is 4. The first-order valence-electron chi connectivity index (χ1n) is 9.41. The molecule has 2 rings (SSSR count). The lowest BCUT2D eigenvalue weighted by Crippen LogP contribution is -2.51. The summed E-state index contributed by atoms with van der Waals surface area (Å²) in [6.45, 7) is 4.56. The summed E-state index contributed by atoms with van der Waals surface area (Å²) in [5, 5.41) is 16.1. The van der Waals surface area contributed by atoms with Crippen molar-refractivity contribution in [3.05, 3.63) is 35.9 Å². The van der Waals surface area contributed by atoms with Crippen LogP contribution in [0.4, 0.5) is 13.2 Å². The predicted molar refractivity (Wildman–Crippen MR) is 99.7 cm³/mol. The maximum Gasteiger partial charge on any atom is 0.422 e. The number of methoxy groups -OCH3 is 1. The van der Waals surface area contributed by atoms with Crippen LogP contribution in [0.2, 0.25) is 0 Å². The van der Waals surface area contributed by atoms with Crippen molar-refractivity contribution >= 4 is 6.21 Å². The molecule has 1 unspecified atom stereocenters. The second-order valence-corrected chi connectivity index (χ2v) is 7.13. The maximum atomic E-state index is 13.6. The van der Waals surface area contributed by atoms with Crippen LogP contribution in [-0.2, 0) is 11.2 Å². The van der Waals surface area contributed by atoms with E-state index < -0.39 is 23.8 Å². The molecule has 1 saturated heterocycles. The molecule has 1 heterocycles. The smallest absolute Gasteiger partial charge is 0.376 e. The molecule has 2 atom stereocenters. The summed E-state index contributed by atoms with van der Waals surface area (Å²) in [5.41, 5.74) is -3.07. The number of benzene rings is 1. The van der Waals surface area contributed by atoms with Gasteiger partial charge in [-0.05, 0) is 31.2 Å². The first kappa shape index (κ1) is 21.7. The van der Waals surface area contributed by atoms with E-state index in [1.807, 2.05) is 13.8 Å². The number of alkyl halides is 3. The number of nitrogens with zero attached hydrogens (tertiary/aromatic N) is 2. The molecule has 0 saturated carbocycles. The fourth-order valence-electron chi connectivity index (χ4n) is 3.87. The third kappa shape index (κ3) is 4.63. The topological polar surface area (TPSA) is 45.1 Å². The average molecular weight is 386 g/mol. The van der Waals surface area contributed by atoms with Crippen LogP contribution in [-0.4, -0.2) is 53.4 Å². The molecule has 0 spiro atoms. The van der Waals surface area contributed by atoms with Crippen molar-refractivity contribution < 1.29 is 23.0 Å². The van der Waals surface area contributed by atoms with Gasteiger partial charge in [-0.15, -0.1) is 0 Å². The Morgan fingerprint density at radius 1 is 1.22 bits per heavy atom. The third-order valence-electron chi connectivity index (χ3n) is 5.66. The standard InChI is InChI=1S/C20H29F3N2O2/c1-4-18(5-2,27-3)17-12-9-13-25(17)24-15-19(26,20(21,22)23)14-16-10-7-6-8-11-16/h6-8,10-11,15,17,26H,4-5,9,12-14H2,1-3H3/b24-15+/t17-,19?/m0/s1. The second kappa shape index (κ2) is 8.61. The Morgan fingerprint density at radius 2 is 1.85 bits per heavy atom. The zero-order chi connectivity index (χ0) is 20.1. The molecule has 1 N–H and O–H groups in total. The molecule has 152 valence electrons. The van der Waals surface area contributed by atoms with Crippen LogP contribution in [0.3, 0.4) is 0 Å². The lowest BCUT2D eigenvalue weighted by Gasteiger charge is -2.40. The highest BCUT2D eigenvalue weighted by molar-refractivity contribution is 5.70. The van der Waals surface area contributed by atoms with Gasteiger partial charge in [0.05, 0.1) is 17.9 Å². The number of ether oxygens (including phenoxy) is 1. The summed E-state index contributed by atoms with van der Waals surface area (Å²) in [4.78, 5) is 0. The molecule has 27 heavy (non-hydrogen) atoms. The molecule has 1 aliphatic heterocycles. The SMILES string of the molecule is CCC(CC)(OC)[C@@H]1CCCN1/N=C/C(O)(Cc1ccccc1)C(F)(F)F. The number of halogens is 3. The number of aliphatic hydroxyl groups is 1. The van der Waals surface area contributed by atoms with Crippen molar-refractivity contribution in [3.8, 4) is 0 Å². The molecule has 0 aliphatic carbocycles. The molecule has 0 bridgehead atoms. The Hall–Kier alpha value is -1.60. The summed E-state index contributed by atoms with van der Waals surface area (Å²) in [6, 6.07) is 8.03. The lowest BCUT2D eigenvalue weighted by atomic mass is 9.87. The van der Waals surface area contributed by atoms with Crippen molar-refractivity contribution in [1.29, 1.82) is 0 Å². The Balaban J connectivity index is 2.27. The Kier molecular flexibility index (Phi) is 6.92. The summed E-state index contributed by atoms with van der Waals surface area (Å²) in [6.07, 6.45) is -1.63. The number of rotatable bonds is 8. The van der Waals surface area contributed by atoms with Crippen LogP contribution in [0.25, 0.3) is 0 Å². The summed E-state index contributed by atoms with van der Waals surface area (Å²) in [7, 11) is 1.63. The van der Waals surface area contributed by atoms with Gasteiger partial charge in [-0.3, -0.25) is 5.01 Å². The molecule has 1 fully saturated rings.